The zero-order valence-electron chi connectivity index (χ0n) is 16.1. The number of anilines is 1. The van der Waals surface area contributed by atoms with Gasteiger partial charge in [-0.2, -0.15) is 13.2 Å². The normalized spacial score (nSPS) is 26.5. The van der Waals surface area contributed by atoms with Gasteiger partial charge in [-0.05, 0) is 48.3 Å². The van der Waals surface area contributed by atoms with E-state index < -0.39 is 11.9 Å². The van der Waals surface area contributed by atoms with E-state index in [1.54, 1.807) is 24.3 Å². The van der Waals surface area contributed by atoms with Gasteiger partial charge in [0.05, 0.1) is 5.69 Å². The van der Waals surface area contributed by atoms with Crippen molar-refractivity contribution in [2.45, 2.75) is 52.3 Å². The van der Waals surface area contributed by atoms with Crippen molar-refractivity contribution < 1.29 is 13.2 Å². The highest BCUT2D eigenvalue weighted by Crippen LogP contribution is 2.53. The van der Waals surface area contributed by atoms with Gasteiger partial charge >= 0.3 is 6.18 Å². The average Bonchev–Trinajstić information content (AvgIpc) is 2.83. The van der Waals surface area contributed by atoms with Gasteiger partial charge in [0.15, 0.2) is 5.69 Å². The summed E-state index contributed by atoms with van der Waals surface area (Å²) in [6, 6.07) is 7.84. The maximum Gasteiger partial charge on any atom is 0.433 e. The van der Waals surface area contributed by atoms with Gasteiger partial charge in [0.2, 0.25) is 5.95 Å². The lowest BCUT2D eigenvalue weighted by Crippen LogP contribution is -2.35. The van der Waals surface area contributed by atoms with Gasteiger partial charge in [-0.25, -0.2) is 9.97 Å². The van der Waals surface area contributed by atoms with Crippen molar-refractivity contribution in [2.75, 3.05) is 11.4 Å². The third kappa shape index (κ3) is 3.71. The van der Waals surface area contributed by atoms with Crippen molar-refractivity contribution in [3.05, 3.63) is 41.0 Å². The topological polar surface area (TPSA) is 29.0 Å². The molecule has 7 heteroatoms. The van der Waals surface area contributed by atoms with Gasteiger partial charge in [0.25, 0.3) is 0 Å². The molecule has 1 aromatic heterocycles. The average molecular weight is 410 g/mol. The van der Waals surface area contributed by atoms with Crippen LogP contribution in [0.5, 0.6) is 0 Å². The molecule has 1 saturated heterocycles. The lowest BCUT2D eigenvalue weighted by atomic mass is 9.65. The number of benzene rings is 1. The molecule has 150 valence electrons. The SMILES string of the molecule is CC1(C)C[C@H]2C[C@@](C)(CN2c2nc(-c3ccc(Cl)cc3)cc(C(F)(F)F)n2)C1. The van der Waals surface area contributed by atoms with Gasteiger partial charge < -0.3 is 4.90 Å². The van der Waals surface area contributed by atoms with Gasteiger partial charge in [-0.1, -0.05) is 44.5 Å². The summed E-state index contributed by atoms with van der Waals surface area (Å²) in [6.45, 7) is 7.36. The summed E-state index contributed by atoms with van der Waals surface area (Å²) in [5.41, 5.74) is 0.178. The first kappa shape index (κ1) is 19.5. The number of fused-ring (bicyclic) bond motifs is 2. The van der Waals surface area contributed by atoms with E-state index in [9.17, 15) is 13.2 Å². The quantitative estimate of drug-likeness (QED) is 0.589. The summed E-state index contributed by atoms with van der Waals surface area (Å²) in [7, 11) is 0. The number of rotatable bonds is 2. The first-order valence-electron chi connectivity index (χ1n) is 9.43. The fourth-order valence-electron chi connectivity index (χ4n) is 5.17. The van der Waals surface area contributed by atoms with Crippen LogP contribution in [0.1, 0.15) is 45.7 Å². The molecule has 1 aliphatic heterocycles. The van der Waals surface area contributed by atoms with Crippen LogP contribution in [0.4, 0.5) is 19.1 Å². The van der Waals surface area contributed by atoms with E-state index in [0.717, 1.165) is 25.3 Å². The van der Waals surface area contributed by atoms with Crippen molar-refractivity contribution in [2.24, 2.45) is 10.8 Å². The molecule has 2 bridgehead atoms. The van der Waals surface area contributed by atoms with E-state index >= 15 is 0 Å². The Kier molecular flexibility index (Phi) is 4.42. The smallest absolute Gasteiger partial charge is 0.337 e. The largest absolute Gasteiger partial charge is 0.433 e. The first-order chi connectivity index (χ1) is 12.9. The summed E-state index contributed by atoms with van der Waals surface area (Å²) < 4.78 is 40.7. The molecule has 3 nitrogen and oxygen atoms in total. The Balaban J connectivity index is 1.79. The monoisotopic (exact) mass is 409 g/mol. The number of alkyl halides is 3. The Labute approximate surface area is 167 Å². The molecular formula is C21H23ClF3N3. The molecule has 2 atom stereocenters. The fraction of sp³-hybridized carbons (Fsp3) is 0.524. The van der Waals surface area contributed by atoms with Gasteiger partial charge in [-0.15, -0.1) is 0 Å². The minimum absolute atomic E-state index is 0.0739. The molecule has 1 aromatic carbocycles. The Hall–Kier alpha value is -1.82. The second-order valence-electron chi connectivity index (χ2n) is 9.28. The van der Waals surface area contributed by atoms with Crippen molar-refractivity contribution >= 4 is 17.5 Å². The molecule has 2 fully saturated rings. The second kappa shape index (κ2) is 6.34. The van der Waals surface area contributed by atoms with Crippen LogP contribution in [-0.2, 0) is 6.18 Å². The zero-order chi connectivity index (χ0) is 20.3. The van der Waals surface area contributed by atoms with Crippen LogP contribution in [0, 0.1) is 10.8 Å². The highest BCUT2D eigenvalue weighted by Gasteiger charge is 2.50. The molecule has 1 aliphatic carbocycles. The Morgan fingerprint density at radius 1 is 1.07 bits per heavy atom. The van der Waals surface area contributed by atoms with E-state index in [4.69, 9.17) is 11.6 Å². The summed E-state index contributed by atoms with van der Waals surface area (Å²) in [5.74, 6) is 0.172. The van der Waals surface area contributed by atoms with E-state index in [0.29, 0.717) is 17.1 Å². The highest BCUT2D eigenvalue weighted by molar-refractivity contribution is 6.30. The number of hydrogen-bond acceptors (Lipinski definition) is 3. The number of nitrogens with zero attached hydrogens (tertiary/aromatic N) is 3. The molecule has 28 heavy (non-hydrogen) atoms. The van der Waals surface area contributed by atoms with E-state index in [2.05, 4.69) is 30.7 Å². The molecule has 0 N–H and O–H groups in total. The second-order valence-corrected chi connectivity index (χ2v) is 9.72. The highest BCUT2D eigenvalue weighted by atomic mass is 35.5. The number of aromatic nitrogens is 2. The summed E-state index contributed by atoms with van der Waals surface area (Å²) >= 11 is 5.92. The summed E-state index contributed by atoms with van der Waals surface area (Å²) in [6.07, 6.45) is -1.59. The third-order valence-corrected chi connectivity index (χ3v) is 6.07. The Bertz CT molecular complexity index is 895. The van der Waals surface area contributed by atoms with Crippen molar-refractivity contribution in [1.82, 2.24) is 9.97 Å². The molecule has 2 heterocycles. The fourth-order valence-corrected chi connectivity index (χ4v) is 5.30. The minimum Gasteiger partial charge on any atom is -0.337 e. The molecule has 0 unspecified atom stereocenters. The first-order valence-corrected chi connectivity index (χ1v) is 9.81. The lowest BCUT2D eigenvalue weighted by Gasteiger charge is -2.39. The van der Waals surface area contributed by atoms with Crippen molar-refractivity contribution in [3.63, 3.8) is 0 Å². The van der Waals surface area contributed by atoms with Gasteiger partial charge in [-0.3, -0.25) is 0 Å². The van der Waals surface area contributed by atoms with Crippen LogP contribution in [0.2, 0.25) is 5.02 Å². The van der Waals surface area contributed by atoms with Crippen LogP contribution in [0.25, 0.3) is 11.3 Å². The predicted octanol–water partition coefficient (Wildman–Crippen LogP) is 6.22. The van der Waals surface area contributed by atoms with Crippen LogP contribution in [0.3, 0.4) is 0 Å². The van der Waals surface area contributed by atoms with Crippen LogP contribution < -0.4 is 4.90 Å². The number of halogens is 4. The van der Waals surface area contributed by atoms with Crippen LogP contribution >= 0.6 is 11.6 Å². The maximum atomic E-state index is 13.6. The van der Waals surface area contributed by atoms with Crippen molar-refractivity contribution in [3.8, 4) is 11.3 Å². The van der Waals surface area contributed by atoms with E-state index in [-0.39, 0.29) is 28.5 Å². The third-order valence-electron chi connectivity index (χ3n) is 5.82. The van der Waals surface area contributed by atoms with E-state index in [1.807, 2.05) is 4.90 Å². The lowest BCUT2D eigenvalue weighted by molar-refractivity contribution is -0.141. The van der Waals surface area contributed by atoms with E-state index in [1.165, 1.54) is 0 Å². The summed E-state index contributed by atoms with van der Waals surface area (Å²) in [4.78, 5) is 10.5. The van der Waals surface area contributed by atoms with Gasteiger partial charge in [0.1, 0.15) is 0 Å². The molecule has 2 aromatic rings. The van der Waals surface area contributed by atoms with Crippen molar-refractivity contribution in [1.29, 1.82) is 0 Å². The Morgan fingerprint density at radius 3 is 2.39 bits per heavy atom. The molecule has 0 spiro atoms. The maximum absolute atomic E-state index is 13.6. The van der Waals surface area contributed by atoms with Gasteiger partial charge in [0, 0.05) is 23.2 Å². The van der Waals surface area contributed by atoms with Crippen LogP contribution in [-0.4, -0.2) is 22.6 Å². The molecule has 1 saturated carbocycles. The van der Waals surface area contributed by atoms with Crippen LogP contribution in [0.15, 0.2) is 30.3 Å². The Morgan fingerprint density at radius 2 is 1.75 bits per heavy atom. The zero-order valence-corrected chi connectivity index (χ0v) is 16.9. The number of hydrogen-bond donors (Lipinski definition) is 0. The molecule has 0 radical (unpaired) electrons. The molecule has 2 aliphatic rings. The molecule has 0 amide bonds. The molecule has 4 rings (SSSR count). The molecular weight excluding hydrogens is 387 g/mol. The minimum atomic E-state index is -4.53. The predicted molar refractivity (Wildman–Crippen MR) is 104 cm³/mol. The standard InChI is InChI=1S/C21H23ClF3N3/c1-19(2)9-15-10-20(3,11-19)12-28(15)18-26-16(8-17(27-18)21(23,24)25)13-4-6-14(22)7-5-13/h4-8,15H,9-12H2,1-3H3/t15-,20+/m0/s1. The summed E-state index contributed by atoms with van der Waals surface area (Å²) in [5, 5.41) is 0.526.